The standard InChI is InChI=1S/C6H14N2O2/c1-6(2,3-4-7)10-5(8)9/h3-4,7H2,1-2H3,(H2,8,9). The van der Waals surface area contributed by atoms with Gasteiger partial charge in [0.15, 0.2) is 0 Å². The maximum Gasteiger partial charge on any atom is 0.405 e. The van der Waals surface area contributed by atoms with Crippen LogP contribution in [0.5, 0.6) is 0 Å². The third-order valence-corrected chi connectivity index (χ3v) is 1.12. The van der Waals surface area contributed by atoms with Gasteiger partial charge in [-0.25, -0.2) is 4.79 Å². The Hall–Kier alpha value is -0.770. The molecule has 0 aromatic heterocycles. The number of ether oxygens (including phenoxy) is 1. The predicted octanol–water partition coefficient (Wildman–Crippen LogP) is 0.209. The average Bonchev–Trinajstić information content (AvgIpc) is 1.59. The van der Waals surface area contributed by atoms with E-state index in [1.54, 1.807) is 13.8 Å². The number of hydrogen-bond donors (Lipinski definition) is 2. The second-order valence-corrected chi connectivity index (χ2v) is 2.72. The molecule has 10 heavy (non-hydrogen) atoms. The topological polar surface area (TPSA) is 78.3 Å². The molecule has 0 aromatic carbocycles. The second-order valence-electron chi connectivity index (χ2n) is 2.72. The van der Waals surface area contributed by atoms with Crippen molar-refractivity contribution in [2.75, 3.05) is 6.54 Å². The van der Waals surface area contributed by atoms with E-state index < -0.39 is 11.7 Å². The highest BCUT2D eigenvalue weighted by molar-refractivity contribution is 5.65. The van der Waals surface area contributed by atoms with E-state index >= 15 is 0 Å². The van der Waals surface area contributed by atoms with Gasteiger partial charge in [0.05, 0.1) is 0 Å². The summed E-state index contributed by atoms with van der Waals surface area (Å²) < 4.78 is 4.74. The first-order valence-corrected chi connectivity index (χ1v) is 3.16. The van der Waals surface area contributed by atoms with Gasteiger partial charge >= 0.3 is 6.09 Å². The third kappa shape index (κ3) is 4.14. The number of amides is 1. The minimum atomic E-state index is -0.751. The van der Waals surface area contributed by atoms with E-state index in [0.717, 1.165) is 0 Å². The lowest BCUT2D eigenvalue weighted by molar-refractivity contribution is 0.0411. The van der Waals surface area contributed by atoms with Crippen molar-refractivity contribution in [3.63, 3.8) is 0 Å². The number of carbonyl (C=O) groups is 1. The zero-order valence-electron chi connectivity index (χ0n) is 6.39. The van der Waals surface area contributed by atoms with Gasteiger partial charge < -0.3 is 16.2 Å². The molecule has 60 valence electrons. The van der Waals surface area contributed by atoms with E-state index in [-0.39, 0.29) is 0 Å². The highest BCUT2D eigenvalue weighted by Gasteiger charge is 2.19. The molecule has 0 saturated heterocycles. The molecule has 0 aliphatic rings. The summed E-state index contributed by atoms with van der Waals surface area (Å²) in [6.07, 6.45) is -0.130. The molecule has 1 amide bonds. The smallest absolute Gasteiger partial charge is 0.405 e. The molecule has 4 heteroatoms. The summed E-state index contributed by atoms with van der Waals surface area (Å²) in [7, 11) is 0. The van der Waals surface area contributed by atoms with Crippen LogP contribution >= 0.6 is 0 Å². The summed E-state index contributed by atoms with van der Waals surface area (Å²) in [5, 5.41) is 0. The van der Waals surface area contributed by atoms with Gasteiger partial charge in [0, 0.05) is 0 Å². The lowest BCUT2D eigenvalue weighted by Crippen LogP contribution is -2.33. The SMILES string of the molecule is CC(C)(CCN)OC(N)=O. The van der Waals surface area contributed by atoms with Gasteiger partial charge in [-0.3, -0.25) is 0 Å². The van der Waals surface area contributed by atoms with Crippen LogP contribution < -0.4 is 11.5 Å². The highest BCUT2D eigenvalue weighted by atomic mass is 16.6. The van der Waals surface area contributed by atoms with E-state index in [4.69, 9.17) is 16.2 Å². The molecule has 0 aliphatic heterocycles. The Labute approximate surface area is 60.5 Å². The molecule has 4 N–H and O–H groups in total. The van der Waals surface area contributed by atoms with Gasteiger partial charge in [0.1, 0.15) is 5.60 Å². The molecular formula is C6H14N2O2. The van der Waals surface area contributed by atoms with E-state index in [1.165, 1.54) is 0 Å². The van der Waals surface area contributed by atoms with Crippen LogP contribution in [0.4, 0.5) is 4.79 Å². The minimum absolute atomic E-state index is 0.486. The summed E-state index contributed by atoms with van der Waals surface area (Å²) in [5.41, 5.74) is 9.54. The highest BCUT2D eigenvalue weighted by Crippen LogP contribution is 2.12. The number of carbonyl (C=O) groups excluding carboxylic acids is 1. The van der Waals surface area contributed by atoms with E-state index in [2.05, 4.69) is 0 Å². The fraction of sp³-hybridized carbons (Fsp3) is 0.833. The minimum Gasteiger partial charge on any atom is -0.444 e. The van der Waals surface area contributed by atoms with Gasteiger partial charge in [-0.1, -0.05) is 0 Å². The van der Waals surface area contributed by atoms with E-state index in [9.17, 15) is 4.79 Å². The molecule has 0 aliphatic carbocycles. The summed E-state index contributed by atoms with van der Waals surface area (Å²) in [6.45, 7) is 4.02. The number of nitrogens with two attached hydrogens (primary N) is 2. The van der Waals surface area contributed by atoms with Crippen molar-refractivity contribution in [2.24, 2.45) is 11.5 Å². The van der Waals surface area contributed by atoms with E-state index in [0.29, 0.717) is 13.0 Å². The molecule has 0 atom stereocenters. The summed E-state index contributed by atoms with van der Waals surface area (Å²) in [4.78, 5) is 10.2. The van der Waals surface area contributed by atoms with Crippen molar-refractivity contribution in [3.05, 3.63) is 0 Å². The Morgan fingerprint density at radius 1 is 1.60 bits per heavy atom. The number of primary amides is 1. The normalized spacial score (nSPS) is 11.1. The quantitative estimate of drug-likeness (QED) is 0.597. The number of hydrogen-bond acceptors (Lipinski definition) is 3. The molecule has 0 unspecified atom stereocenters. The monoisotopic (exact) mass is 146 g/mol. The first kappa shape index (κ1) is 9.23. The second kappa shape index (κ2) is 3.41. The maximum atomic E-state index is 10.2. The molecule has 0 bridgehead atoms. The molecule has 0 heterocycles. The first-order chi connectivity index (χ1) is 4.48. The Bertz CT molecular complexity index is 123. The lowest BCUT2D eigenvalue weighted by Gasteiger charge is -2.22. The van der Waals surface area contributed by atoms with Crippen molar-refractivity contribution < 1.29 is 9.53 Å². The van der Waals surface area contributed by atoms with Gasteiger partial charge in [-0.05, 0) is 26.8 Å². The Morgan fingerprint density at radius 2 is 2.10 bits per heavy atom. The zero-order valence-corrected chi connectivity index (χ0v) is 6.39. The Kier molecular flexibility index (Phi) is 3.15. The van der Waals surface area contributed by atoms with Gasteiger partial charge in [-0.15, -0.1) is 0 Å². The molecule has 0 rings (SSSR count). The maximum absolute atomic E-state index is 10.2. The van der Waals surface area contributed by atoms with E-state index in [1.807, 2.05) is 0 Å². The van der Waals surface area contributed by atoms with Gasteiger partial charge in [0.2, 0.25) is 0 Å². The van der Waals surface area contributed by atoms with Crippen molar-refractivity contribution in [1.29, 1.82) is 0 Å². The molecule has 0 aromatic rings. The van der Waals surface area contributed by atoms with Crippen LogP contribution in [0.25, 0.3) is 0 Å². The fourth-order valence-electron chi connectivity index (χ4n) is 0.671. The van der Waals surface area contributed by atoms with Crippen LogP contribution in [0.2, 0.25) is 0 Å². The Balaban J connectivity index is 3.74. The summed E-state index contributed by atoms with van der Waals surface area (Å²) in [6, 6.07) is 0. The van der Waals surface area contributed by atoms with Crippen LogP contribution in [-0.4, -0.2) is 18.2 Å². The van der Waals surface area contributed by atoms with Gasteiger partial charge in [0.25, 0.3) is 0 Å². The average molecular weight is 146 g/mol. The van der Waals surface area contributed by atoms with Crippen LogP contribution in [0.15, 0.2) is 0 Å². The molecule has 4 nitrogen and oxygen atoms in total. The van der Waals surface area contributed by atoms with Crippen LogP contribution in [0.1, 0.15) is 20.3 Å². The van der Waals surface area contributed by atoms with Crippen LogP contribution in [0.3, 0.4) is 0 Å². The molecular weight excluding hydrogens is 132 g/mol. The lowest BCUT2D eigenvalue weighted by atomic mass is 10.1. The number of rotatable bonds is 3. The fourth-order valence-corrected chi connectivity index (χ4v) is 0.671. The third-order valence-electron chi connectivity index (χ3n) is 1.12. The Morgan fingerprint density at radius 3 is 2.40 bits per heavy atom. The van der Waals surface area contributed by atoms with Crippen molar-refractivity contribution in [1.82, 2.24) is 0 Å². The van der Waals surface area contributed by atoms with Crippen molar-refractivity contribution in [2.45, 2.75) is 25.9 Å². The molecule has 0 saturated carbocycles. The zero-order chi connectivity index (χ0) is 8.20. The van der Waals surface area contributed by atoms with Crippen LogP contribution in [-0.2, 0) is 4.74 Å². The van der Waals surface area contributed by atoms with Crippen molar-refractivity contribution >= 4 is 6.09 Å². The molecule has 0 spiro atoms. The first-order valence-electron chi connectivity index (χ1n) is 3.16. The summed E-state index contributed by atoms with van der Waals surface area (Å²) in [5.74, 6) is 0. The predicted molar refractivity (Wildman–Crippen MR) is 38.4 cm³/mol. The van der Waals surface area contributed by atoms with Crippen molar-refractivity contribution in [3.8, 4) is 0 Å². The van der Waals surface area contributed by atoms with Gasteiger partial charge in [-0.2, -0.15) is 0 Å². The largest absolute Gasteiger partial charge is 0.444 e. The molecule has 0 radical (unpaired) electrons. The van der Waals surface area contributed by atoms with Crippen LogP contribution in [0, 0.1) is 0 Å². The molecule has 0 fully saturated rings. The summed E-state index contributed by atoms with van der Waals surface area (Å²) >= 11 is 0.